The van der Waals surface area contributed by atoms with E-state index in [0.717, 1.165) is 6.42 Å². The quantitative estimate of drug-likeness (QED) is 0.753. The van der Waals surface area contributed by atoms with Gasteiger partial charge in [0, 0.05) is 24.2 Å². The van der Waals surface area contributed by atoms with E-state index in [0.29, 0.717) is 18.7 Å². The average Bonchev–Trinajstić information content (AvgIpc) is 2.97. The van der Waals surface area contributed by atoms with Gasteiger partial charge in [0.1, 0.15) is 4.90 Å². The van der Waals surface area contributed by atoms with Gasteiger partial charge in [0.2, 0.25) is 10.0 Å². The largest absolute Gasteiger partial charge is 0.305 e. The summed E-state index contributed by atoms with van der Waals surface area (Å²) in [6.45, 7) is 4.93. The maximum Gasteiger partial charge on any atom is 0.285 e. The molecule has 0 spiro atoms. The monoisotopic (exact) mass is 461 g/mol. The first kappa shape index (κ1) is 21.7. The standard InChI is InChI=1S/C21H23N3O5S2/c1-14-10-15(2)13-24(12-14)31(28,29)17-7-5-6-16(11-17)21(25)22-20-18-8-3-4-9-19(18)30(26,27)23-20/h3-9,11,14-15H,10,12-13H2,1-2H3,(H,22,23,25)/t14-,15-/m1/s1. The zero-order chi connectivity index (χ0) is 22.4. The molecule has 31 heavy (non-hydrogen) atoms. The molecule has 164 valence electrons. The lowest BCUT2D eigenvalue weighted by Gasteiger charge is -2.34. The Hall–Kier alpha value is -2.56. The number of carbonyl (C=O) groups is 1. The summed E-state index contributed by atoms with van der Waals surface area (Å²) in [6.07, 6.45) is 0.973. The van der Waals surface area contributed by atoms with Crippen molar-refractivity contribution in [1.82, 2.24) is 9.62 Å². The Kier molecular flexibility index (Phi) is 5.48. The molecule has 2 heterocycles. The van der Waals surface area contributed by atoms with Crippen LogP contribution in [0.15, 0.2) is 62.7 Å². The normalized spacial score (nSPS) is 23.1. The van der Waals surface area contributed by atoms with Crippen LogP contribution in [0.25, 0.3) is 0 Å². The zero-order valence-electron chi connectivity index (χ0n) is 17.1. The maximum absolute atomic E-state index is 13.1. The third kappa shape index (κ3) is 4.15. The second-order valence-electron chi connectivity index (χ2n) is 8.16. The first-order valence-corrected chi connectivity index (χ1v) is 12.8. The third-order valence-electron chi connectivity index (χ3n) is 5.43. The van der Waals surface area contributed by atoms with Gasteiger partial charge in [-0.05, 0) is 48.6 Å². The number of hydrogen-bond acceptors (Lipinski definition) is 5. The van der Waals surface area contributed by atoms with Crippen molar-refractivity contribution in [3.05, 3.63) is 59.7 Å². The molecule has 0 unspecified atom stereocenters. The molecule has 1 amide bonds. The van der Waals surface area contributed by atoms with Gasteiger partial charge in [-0.25, -0.2) is 8.42 Å². The molecule has 1 N–H and O–H groups in total. The Morgan fingerprint density at radius 1 is 1.06 bits per heavy atom. The lowest BCUT2D eigenvalue weighted by atomic mass is 9.94. The summed E-state index contributed by atoms with van der Waals surface area (Å²) < 4.78 is 55.7. The van der Waals surface area contributed by atoms with Gasteiger partial charge in [0.15, 0.2) is 5.84 Å². The van der Waals surface area contributed by atoms with Crippen LogP contribution in [0.1, 0.15) is 36.2 Å². The Labute approximate surface area is 182 Å². The van der Waals surface area contributed by atoms with Crippen molar-refractivity contribution in [2.75, 3.05) is 13.1 Å². The third-order valence-corrected chi connectivity index (χ3v) is 8.60. The topological polar surface area (TPSA) is 113 Å². The smallest absolute Gasteiger partial charge is 0.285 e. The molecule has 1 fully saturated rings. The van der Waals surface area contributed by atoms with E-state index in [1.807, 2.05) is 13.8 Å². The number of fused-ring (bicyclic) bond motifs is 1. The molecule has 0 radical (unpaired) electrons. The van der Waals surface area contributed by atoms with E-state index >= 15 is 0 Å². The van der Waals surface area contributed by atoms with Crippen LogP contribution in [0.2, 0.25) is 0 Å². The highest BCUT2D eigenvalue weighted by Gasteiger charge is 2.33. The molecule has 0 saturated carbocycles. The minimum atomic E-state index is -3.87. The van der Waals surface area contributed by atoms with E-state index in [2.05, 4.69) is 9.71 Å². The molecular formula is C21H23N3O5S2. The second kappa shape index (κ2) is 7.85. The van der Waals surface area contributed by atoms with Crippen molar-refractivity contribution in [2.24, 2.45) is 16.2 Å². The number of amidine groups is 1. The summed E-state index contributed by atoms with van der Waals surface area (Å²) in [6, 6.07) is 11.9. The minimum Gasteiger partial charge on any atom is -0.305 e. The van der Waals surface area contributed by atoms with Crippen LogP contribution in [0.5, 0.6) is 0 Å². The van der Waals surface area contributed by atoms with E-state index in [1.54, 1.807) is 18.2 Å². The predicted molar refractivity (Wildman–Crippen MR) is 116 cm³/mol. The maximum atomic E-state index is 13.1. The predicted octanol–water partition coefficient (Wildman–Crippen LogP) is 2.23. The Balaban J connectivity index is 1.60. The van der Waals surface area contributed by atoms with E-state index in [-0.39, 0.29) is 33.0 Å². The van der Waals surface area contributed by atoms with E-state index < -0.39 is 26.0 Å². The fourth-order valence-electron chi connectivity index (χ4n) is 4.12. The van der Waals surface area contributed by atoms with Gasteiger partial charge in [-0.3, -0.25) is 4.79 Å². The van der Waals surface area contributed by atoms with Crippen molar-refractivity contribution in [2.45, 2.75) is 30.1 Å². The molecule has 0 aliphatic carbocycles. The van der Waals surface area contributed by atoms with Gasteiger partial charge in [0.25, 0.3) is 15.9 Å². The summed E-state index contributed by atoms with van der Waals surface area (Å²) in [5.74, 6) is -0.199. The fraction of sp³-hybridized carbons (Fsp3) is 0.333. The van der Waals surface area contributed by atoms with Crippen LogP contribution >= 0.6 is 0 Å². The van der Waals surface area contributed by atoms with Crippen LogP contribution in [0.4, 0.5) is 0 Å². The first-order valence-electron chi connectivity index (χ1n) is 9.94. The first-order chi connectivity index (χ1) is 14.6. The molecule has 0 bridgehead atoms. The molecule has 4 rings (SSSR count). The molecule has 2 aromatic rings. The molecule has 1 saturated heterocycles. The Morgan fingerprint density at radius 2 is 1.74 bits per heavy atom. The zero-order valence-corrected chi connectivity index (χ0v) is 18.8. The van der Waals surface area contributed by atoms with E-state index in [4.69, 9.17) is 0 Å². The van der Waals surface area contributed by atoms with E-state index in [1.165, 1.54) is 34.6 Å². The van der Waals surface area contributed by atoms with Crippen molar-refractivity contribution in [1.29, 1.82) is 0 Å². The highest BCUT2D eigenvalue weighted by molar-refractivity contribution is 7.90. The summed E-state index contributed by atoms with van der Waals surface area (Å²) in [5, 5.41) is 2.50. The minimum absolute atomic E-state index is 0.0231. The molecule has 2 atom stereocenters. The molecule has 0 aromatic heterocycles. The lowest BCUT2D eigenvalue weighted by molar-refractivity contribution is 0.0977. The van der Waals surface area contributed by atoms with Gasteiger partial charge in [-0.1, -0.05) is 32.0 Å². The summed E-state index contributed by atoms with van der Waals surface area (Å²) in [4.78, 5) is 12.8. The molecule has 8 nitrogen and oxygen atoms in total. The number of piperidine rings is 1. The fourth-order valence-corrected chi connectivity index (χ4v) is 7.03. The van der Waals surface area contributed by atoms with Crippen molar-refractivity contribution >= 4 is 31.8 Å². The molecular weight excluding hydrogens is 438 g/mol. The van der Waals surface area contributed by atoms with Gasteiger partial charge in [-0.15, -0.1) is 4.40 Å². The van der Waals surface area contributed by atoms with Crippen molar-refractivity contribution in [3.63, 3.8) is 0 Å². The second-order valence-corrected chi connectivity index (χ2v) is 11.7. The van der Waals surface area contributed by atoms with Crippen LogP contribution in [0.3, 0.4) is 0 Å². The summed E-state index contributed by atoms with van der Waals surface area (Å²) in [5.41, 5.74) is 0.402. The Morgan fingerprint density at radius 3 is 2.45 bits per heavy atom. The van der Waals surface area contributed by atoms with Crippen LogP contribution < -0.4 is 5.32 Å². The number of carbonyl (C=O) groups excluding carboxylic acids is 1. The number of nitrogens with zero attached hydrogens (tertiary/aromatic N) is 2. The molecule has 2 aliphatic heterocycles. The average molecular weight is 462 g/mol. The van der Waals surface area contributed by atoms with Crippen LogP contribution in [-0.2, 0) is 20.0 Å². The highest BCUT2D eigenvalue weighted by Crippen LogP contribution is 2.28. The summed E-state index contributed by atoms with van der Waals surface area (Å²) in [7, 11) is -7.62. The molecule has 10 heteroatoms. The van der Waals surface area contributed by atoms with E-state index in [9.17, 15) is 21.6 Å². The number of sulfonamides is 2. The summed E-state index contributed by atoms with van der Waals surface area (Å²) >= 11 is 0. The molecule has 2 aromatic carbocycles. The molecule has 2 aliphatic rings. The van der Waals surface area contributed by atoms with Gasteiger partial charge < -0.3 is 5.32 Å². The van der Waals surface area contributed by atoms with Gasteiger partial charge >= 0.3 is 0 Å². The number of hydrogen-bond donors (Lipinski definition) is 1. The van der Waals surface area contributed by atoms with Gasteiger partial charge in [0.05, 0.1) is 4.90 Å². The van der Waals surface area contributed by atoms with Crippen molar-refractivity contribution < 1.29 is 21.6 Å². The SMILES string of the molecule is C[C@@H]1C[C@@H](C)CN(S(=O)(=O)c2cccc(C(=O)NC3=NS(=O)(=O)c4ccccc43)c2)C1. The number of amides is 1. The Bertz CT molecular complexity index is 1280. The van der Waals surface area contributed by atoms with Gasteiger partial charge in [-0.2, -0.15) is 12.7 Å². The van der Waals surface area contributed by atoms with Crippen molar-refractivity contribution in [3.8, 4) is 0 Å². The van der Waals surface area contributed by atoms with Crippen LogP contribution in [-0.4, -0.2) is 46.0 Å². The number of benzene rings is 2. The number of nitrogens with one attached hydrogen (secondary N) is 1. The van der Waals surface area contributed by atoms with Crippen LogP contribution in [0, 0.1) is 11.8 Å². The lowest BCUT2D eigenvalue weighted by Crippen LogP contribution is -2.42. The highest BCUT2D eigenvalue weighted by atomic mass is 32.2. The number of rotatable bonds is 3.